The zero-order valence-electron chi connectivity index (χ0n) is 22.3. The summed E-state index contributed by atoms with van der Waals surface area (Å²) in [6.45, 7) is 2.05. The number of aryl methyl sites for hydroxylation is 1. The number of methoxy groups -OCH3 is 1. The van der Waals surface area contributed by atoms with Crippen LogP contribution >= 0.6 is 11.8 Å². The molecule has 0 spiro atoms. The third kappa shape index (κ3) is 6.71. The number of nitrogens with one attached hydrogen (secondary N) is 1. The minimum absolute atomic E-state index is 0.168. The van der Waals surface area contributed by atoms with Gasteiger partial charge in [0.2, 0.25) is 5.91 Å². The van der Waals surface area contributed by atoms with E-state index in [1.54, 1.807) is 49.6 Å². The van der Waals surface area contributed by atoms with Crippen LogP contribution in [0.25, 0.3) is 17.1 Å². The first-order valence-corrected chi connectivity index (χ1v) is 13.4. The Balaban J connectivity index is 1.20. The second kappa shape index (κ2) is 11.9. The first-order valence-electron chi connectivity index (χ1n) is 12.4. The number of rotatable bonds is 7. The molecule has 0 atom stereocenters. The molecule has 3 amide bonds. The lowest BCUT2D eigenvalue weighted by Crippen LogP contribution is -2.31. The lowest BCUT2D eigenvalue weighted by molar-refractivity contribution is -0.274. The first-order chi connectivity index (χ1) is 20.1. The van der Waals surface area contributed by atoms with Gasteiger partial charge >= 0.3 is 12.4 Å². The van der Waals surface area contributed by atoms with Crippen molar-refractivity contribution < 1.29 is 32.2 Å². The molecule has 0 bridgehead atoms. The molecule has 0 aliphatic carbocycles. The first kappa shape index (κ1) is 28.7. The largest absolute Gasteiger partial charge is 0.573 e. The van der Waals surface area contributed by atoms with Crippen molar-refractivity contribution in [3.05, 3.63) is 84.2 Å². The van der Waals surface area contributed by atoms with Gasteiger partial charge in [-0.25, -0.2) is 14.5 Å². The third-order valence-electron chi connectivity index (χ3n) is 6.09. The normalized spacial score (nSPS) is 14.4. The smallest absolute Gasteiger partial charge is 0.497 e. The van der Waals surface area contributed by atoms with Crippen LogP contribution in [0.1, 0.15) is 11.1 Å². The molecular weight excluding hydrogens is 573 g/mol. The van der Waals surface area contributed by atoms with E-state index < -0.39 is 12.4 Å². The van der Waals surface area contributed by atoms with Crippen LogP contribution in [-0.2, 0) is 11.3 Å². The lowest BCUT2D eigenvalue weighted by Gasteiger charge is -2.18. The molecule has 1 N–H and O–H groups in total. The molecule has 1 saturated heterocycles. The lowest BCUT2D eigenvalue weighted by atomic mass is 10.1. The molecule has 1 fully saturated rings. The molecule has 42 heavy (non-hydrogen) atoms. The number of amidine groups is 1. The Morgan fingerprint density at radius 1 is 1.07 bits per heavy atom. The number of nitrogens with zero attached hydrogens (tertiary/aromatic N) is 5. The van der Waals surface area contributed by atoms with Gasteiger partial charge in [0.15, 0.2) is 11.0 Å². The average molecular weight is 597 g/mol. The summed E-state index contributed by atoms with van der Waals surface area (Å²) < 4.78 is 47.7. The molecule has 10 nitrogen and oxygen atoms in total. The molecule has 0 radical (unpaired) electrons. The van der Waals surface area contributed by atoms with E-state index in [0.29, 0.717) is 33.7 Å². The monoisotopic (exact) mass is 596 g/mol. The zero-order valence-corrected chi connectivity index (χ0v) is 23.1. The molecule has 2 heterocycles. The predicted molar refractivity (Wildman–Crippen MR) is 151 cm³/mol. The number of carbonyl (C=O) groups excluding carboxylic acids is 2. The van der Waals surface area contributed by atoms with Crippen molar-refractivity contribution in [3.63, 3.8) is 0 Å². The van der Waals surface area contributed by atoms with Crippen LogP contribution in [-0.4, -0.2) is 51.1 Å². The molecule has 0 unspecified atom stereocenters. The van der Waals surface area contributed by atoms with Crippen molar-refractivity contribution in [2.75, 3.05) is 17.8 Å². The summed E-state index contributed by atoms with van der Waals surface area (Å²) in [6, 6.07) is 17.2. The number of hydrogen-bond donors (Lipinski definition) is 1. The van der Waals surface area contributed by atoms with E-state index in [1.807, 2.05) is 6.92 Å². The van der Waals surface area contributed by atoms with Crippen molar-refractivity contribution in [3.8, 4) is 28.6 Å². The molecule has 14 heteroatoms. The summed E-state index contributed by atoms with van der Waals surface area (Å²) >= 11 is 1.19. The number of aliphatic imine (C=N–C) groups is 1. The highest BCUT2D eigenvalue weighted by Crippen LogP contribution is 2.31. The van der Waals surface area contributed by atoms with Gasteiger partial charge in [-0.15, -0.1) is 18.3 Å². The molecule has 5 rings (SSSR count). The van der Waals surface area contributed by atoms with Crippen LogP contribution in [0.15, 0.2) is 78.0 Å². The molecule has 4 aromatic rings. The number of alkyl halides is 3. The summed E-state index contributed by atoms with van der Waals surface area (Å²) in [7, 11) is 1.56. The van der Waals surface area contributed by atoms with Crippen LogP contribution < -0.4 is 19.7 Å². The Labute approximate surface area is 242 Å². The van der Waals surface area contributed by atoms with E-state index in [4.69, 9.17) is 4.74 Å². The number of urea groups is 1. The second-order valence-electron chi connectivity index (χ2n) is 8.97. The minimum atomic E-state index is -4.77. The van der Waals surface area contributed by atoms with Crippen molar-refractivity contribution in [2.45, 2.75) is 19.8 Å². The van der Waals surface area contributed by atoms with Gasteiger partial charge in [-0.3, -0.25) is 9.69 Å². The number of thioether (sulfide) groups is 1. The van der Waals surface area contributed by atoms with E-state index >= 15 is 0 Å². The Morgan fingerprint density at radius 3 is 2.45 bits per heavy atom. The number of aromatic nitrogens is 3. The molecular formula is C28H23F3N6O4S. The molecule has 1 aromatic heterocycles. The Hall–Kier alpha value is -4.85. The highest BCUT2D eigenvalue weighted by molar-refractivity contribution is 8.15. The predicted octanol–water partition coefficient (Wildman–Crippen LogP) is 5.50. The van der Waals surface area contributed by atoms with Gasteiger partial charge in [0.05, 0.1) is 24.2 Å². The van der Waals surface area contributed by atoms with Gasteiger partial charge in [0.25, 0.3) is 0 Å². The van der Waals surface area contributed by atoms with Crippen molar-refractivity contribution in [1.29, 1.82) is 0 Å². The van der Waals surface area contributed by atoms with Crippen LogP contribution in [0.2, 0.25) is 0 Å². The molecule has 0 saturated carbocycles. The standard InChI is InChI=1S/C28H23F3N6O4S/c1-17-13-22(40-2)11-12-23(17)37-24(38)15-42-27(37)34-26(39)32-14-18-3-5-19(6-4-18)25-33-16-36(35-25)20-7-9-21(10-8-20)41-28(29,30)31/h3-13,16H,14-15H2,1-2H3,(H,32,39). The topological polar surface area (TPSA) is 111 Å². The van der Waals surface area contributed by atoms with Gasteiger partial charge in [-0.1, -0.05) is 36.0 Å². The van der Waals surface area contributed by atoms with Crippen molar-refractivity contribution in [2.24, 2.45) is 4.99 Å². The van der Waals surface area contributed by atoms with Crippen LogP contribution in [0.4, 0.5) is 23.7 Å². The third-order valence-corrected chi connectivity index (χ3v) is 7.01. The number of ether oxygens (including phenoxy) is 2. The summed E-state index contributed by atoms with van der Waals surface area (Å²) in [5.41, 5.74) is 3.45. The van der Waals surface area contributed by atoms with E-state index in [0.717, 1.165) is 11.1 Å². The number of hydrogen-bond acceptors (Lipinski definition) is 7. The molecule has 1 aliphatic rings. The fraction of sp³-hybridized carbons (Fsp3) is 0.179. The minimum Gasteiger partial charge on any atom is -0.497 e. The number of halogens is 3. The summed E-state index contributed by atoms with van der Waals surface area (Å²) in [5.74, 6) is 0.750. The van der Waals surface area contributed by atoms with Gasteiger partial charge in [0.1, 0.15) is 17.8 Å². The molecule has 1 aliphatic heterocycles. The number of benzene rings is 3. The van der Waals surface area contributed by atoms with Crippen LogP contribution in [0.5, 0.6) is 11.5 Å². The fourth-order valence-electron chi connectivity index (χ4n) is 4.08. The highest BCUT2D eigenvalue weighted by atomic mass is 32.2. The zero-order chi connectivity index (χ0) is 29.9. The quantitative estimate of drug-likeness (QED) is 0.300. The van der Waals surface area contributed by atoms with Crippen molar-refractivity contribution >= 4 is 34.6 Å². The van der Waals surface area contributed by atoms with Crippen LogP contribution in [0.3, 0.4) is 0 Å². The Bertz CT molecular complexity index is 1640. The van der Waals surface area contributed by atoms with Crippen LogP contribution in [0, 0.1) is 6.92 Å². The Morgan fingerprint density at radius 2 is 1.79 bits per heavy atom. The van der Waals surface area contributed by atoms with E-state index in [2.05, 4.69) is 25.1 Å². The summed E-state index contributed by atoms with van der Waals surface area (Å²) in [6.07, 6.45) is -3.32. The number of anilines is 1. The maximum Gasteiger partial charge on any atom is 0.573 e. The number of carbonyl (C=O) groups is 2. The highest BCUT2D eigenvalue weighted by Gasteiger charge is 2.32. The van der Waals surface area contributed by atoms with Gasteiger partial charge < -0.3 is 14.8 Å². The van der Waals surface area contributed by atoms with Gasteiger partial charge in [-0.2, -0.15) is 4.99 Å². The SMILES string of the molecule is COc1ccc(N2C(=O)CSC2=NC(=O)NCc2ccc(-c3ncn(-c4ccc(OC(F)(F)F)cc4)n3)cc2)c(C)c1. The second-order valence-corrected chi connectivity index (χ2v) is 9.92. The summed E-state index contributed by atoms with van der Waals surface area (Å²) in [4.78, 5) is 35.0. The summed E-state index contributed by atoms with van der Waals surface area (Å²) in [5, 5.41) is 7.42. The van der Waals surface area contributed by atoms with E-state index in [1.165, 1.54) is 51.9 Å². The van der Waals surface area contributed by atoms with E-state index in [9.17, 15) is 22.8 Å². The number of amides is 3. The maximum absolute atomic E-state index is 12.6. The Kier molecular flexibility index (Phi) is 8.15. The van der Waals surface area contributed by atoms with E-state index in [-0.39, 0.29) is 24.0 Å². The van der Waals surface area contributed by atoms with Gasteiger partial charge in [0, 0.05) is 12.1 Å². The maximum atomic E-state index is 12.6. The molecule has 3 aromatic carbocycles. The van der Waals surface area contributed by atoms with Gasteiger partial charge in [-0.05, 0) is 60.5 Å². The average Bonchev–Trinajstić information content (AvgIpc) is 3.59. The van der Waals surface area contributed by atoms with Crippen molar-refractivity contribution in [1.82, 2.24) is 20.1 Å². The fourth-order valence-corrected chi connectivity index (χ4v) is 4.94. The molecule has 216 valence electrons.